The van der Waals surface area contributed by atoms with E-state index >= 15 is 0 Å². The van der Waals surface area contributed by atoms with Crippen LogP contribution in [0.3, 0.4) is 0 Å². The van der Waals surface area contributed by atoms with E-state index in [1.165, 1.54) is 10.5 Å². The van der Waals surface area contributed by atoms with Crippen molar-refractivity contribution in [2.75, 3.05) is 24.2 Å². The number of nitrogens with one attached hydrogen (secondary N) is 1. The highest BCUT2D eigenvalue weighted by Gasteiger charge is 2.20. The lowest BCUT2D eigenvalue weighted by atomic mass is 10.0. The molecule has 0 saturated carbocycles. The molecule has 5 heteroatoms. The Morgan fingerprint density at radius 1 is 1.29 bits per heavy atom. The Morgan fingerprint density at radius 2 is 2.14 bits per heavy atom. The molecule has 0 spiro atoms. The first-order valence-corrected chi connectivity index (χ1v) is 8.28. The smallest absolute Gasteiger partial charge is 0.133 e. The van der Waals surface area contributed by atoms with Crippen LogP contribution in [0.1, 0.15) is 18.3 Å². The Labute approximate surface area is 129 Å². The number of aromatic nitrogens is 2. The summed E-state index contributed by atoms with van der Waals surface area (Å²) in [7, 11) is 0. The van der Waals surface area contributed by atoms with Gasteiger partial charge in [0.2, 0.25) is 0 Å². The van der Waals surface area contributed by atoms with Gasteiger partial charge in [-0.05, 0) is 12.5 Å². The van der Waals surface area contributed by atoms with E-state index in [-0.39, 0.29) is 6.61 Å². The fraction of sp³-hybridized carbons (Fsp3) is 0.375. The molecule has 21 heavy (non-hydrogen) atoms. The average molecular weight is 301 g/mol. The molecule has 0 aliphatic carbocycles. The third-order valence-corrected chi connectivity index (χ3v) is 4.60. The summed E-state index contributed by atoms with van der Waals surface area (Å²) in [5, 5.41) is 12.3. The summed E-state index contributed by atoms with van der Waals surface area (Å²) in [5.74, 6) is 2.74. The van der Waals surface area contributed by atoms with Gasteiger partial charge in [-0.3, -0.25) is 0 Å². The zero-order valence-corrected chi connectivity index (χ0v) is 12.9. The van der Waals surface area contributed by atoms with Gasteiger partial charge in [0.25, 0.3) is 0 Å². The number of anilines is 1. The van der Waals surface area contributed by atoms with Crippen LogP contribution in [0.15, 0.2) is 29.2 Å². The third kappa shape index (κ3) is 2.89. The standard InChI is InChI=1S/C16H19N3OS/c1-2-14-18-15-11-5-3-4-6-13(11)21-10-7-12(15)16(19-14)17-8-9-20/h3-6,20H,2,7-10H2,1H3,(H,17,18,19). The van der Waals surface area contributed by atoms with E-state index in [2.05, 4.69) is 41.5 Å². The molecule has 0 atom stereocenters. The van der Waals surface area contributed by atoms with Crippen molar-refractivity contribution in [3.05, 3.63) is 35.7 Å². The van der Waals surface area contributed by atoms with Crippen LogP contribution in [0.25, 0.3) is 11.3 Å². The van der Waals surface area contributed by atoms with Gasteiger partial charge in [-0.2, -0.15) is 0 Å². The summed E-state index contributed by atoms with van der Waals surface area (Å²) in [6.07, 6.45) is 1.74. The van der Waals surface area contributed by atoms with Gasteiger partial charge >= 0.3 is 0 Å². The number of fused-ring (bicyclic) bond motifs is 3. The molecule has 2 aromatic rings. The van der Waals surface area contributed by atoms with Gasteiger partial charge in [-0.1, -0.05) is 25.1 Å². The molecule has 0 amide bonds. The summed E-state index contributed by atoms with van der Waals surface area (Å²) < 4.78 is 0. The van der Waals surface area contributed by atoms with E-state index in [0.717, 1.165) is 41.5 Å². The highest BCUT2D eigenvalue weighted by atomic mass is 32.2. The van der Waals surface area contributed by atoms with Crippen LogP contribution in [-0.4, -0.2) is 34.0 Å². The summed E-state index contributed by atoms with van der Waals surface area (Å²) in [6, 6.07) is 8.42. The van der Waals surface area contributed by atoms with Crippen molar-refractivity contribution in [1.29, 1.82) is 0 Å². The minimum atomic E-state index is 0.103. The monoisotopic (exact) mass is 301 g/mol. The van der Waals surface area contributed by atoms with E-state index in [0.29, 0.717) is 6.54 Å². The molecule has 0 radical (unpaired) electrons. The maximum absolute atomic E-state index is 9.06. The lowest BCUT2D eigenvalue weighted by molar-refractivity contribution is 0.311. The van der Waals surface area contributed by atoms with E-state index in [1.54, 1.807) is 0 Å². The second kappa shape index (κ2) is 6.45. The first-order valence-electron chi connectivity index (χ1n) is 7.30. The second-order valence-electron chi connectivity index (χ2n) is 4.91. The van der Waals surface area contributed by atoms with Crippen molar-refractivity contribution in [3.8, 4) is 11.3 Å². The highest BCUT2D eigenvalue weighted by molar-refractivity contribution is 7.99. The maximum atomic E-state index is 9.06. The van der Waals surface area contributed by atoms with Gasteiger partial charge in [0.05, 0.1) is 12.3 Å². The van der Waals surface area contributed by atoms with E-state index in [9.17, 15) is 0 Å². The van der Waals surface area contributed by atoms with Crippen LogP contribution in [0, 0.1) is 0 Å². The molecule has 0 bridgehead atoms. The lowest BCUT2D eigenvalue weighted by Gasteiger charge is -2.14. The van der Waals surface area contributed by atoms with Crippen LogP contribution in [0.5, 0.6) is 0 Å². The number of rotatable bonds is 4. The number of benzene rings is 1. The van der Waals surface area contributed by atoms with Crippen LogP contribution in [0.4, 0.5) is 5.82 Å². The van der Waals surface area contributed by atoms with Crippen molar-refractivity contribution in [2.45, 2.75) is 24.7 Å². The van der Waals surface area contributed by atoms with Crippen molar-refractivity contribution in [1.82, 2.24) is 9.97 Å². The summed E-state index contributed by atoms with van der Waals surface area (Å²) >= 11 is 1.87. The van der Waals surface area contributed by atoms with E-state index < -0.39 is 0 Å². The van der Waals surface area contributed by atoms with Gasteiger partial charge in [0.15, 0.2) is 0 Å². The molecule has 4 nitrogen and oxygen atoms in total. The topological polar surface area (TPSA) is 58.0 Å². The molecule has 1 aromatic heterocycles. The van der Waals surface area contributed by atoms with Gasteiger partial charge in [-0.15, -0.1) is 11.8 Å². The largest absolute Gasteiger partial charge is 0.395 e. The van der Waals surface area contributed by atoms with Gasteiger partial charge in [-0.25, -0.2) is 9.97 Å². The normalized spacial score (nSPS) is 13.2. The summed E-state index contributed by atoms with van der Waals surface area (Å²) in [5.41, 5.74) is 3.40. The Bertz CT molecular complexity index is 645. The van der Waals surface area contributed by atoms with Gasteiger partial charge < -0.3 is 10.4 Å². The Kier molecular flexibility index (Phi) is 4.41. The van der Waals surface area contributed by atoms with Crippen molar-refractivity contribution < 1.29 is 5.11 Å². The van der Waals surface area contributed by atoms with Crippen LogP contribution >= 0.6 is 11.8 Å². The SMILES string of the molecule is CCc1nc(NCCO)c2c(n1)-c1ccccc1SCC2. The average Bonchev–Trinajstić information content (AvgIpc) is 2.72. The summed E-state index contributed by atoms with van der Waals surface area (Å²) in [4.78, 5) is 10.7. The number of hydrogen-bond acceptors (Lipinski definition) is 5. The first-order chi connectivity index (χ1) is 10.3. The Balaban J connectivity index is 2.16. The maximum Gasteiger partial charge on any atom is 0.133 e. The number of nitrogens with zero attached hydrogens (tertiary/aromatic N) is 2. The number of aryl methyl sites for hydroxylation is 1. The van der Waals surface area contributed by atoms with Crippen molar-refractivity contribution in [3.63, 3.8) is 0 Å². The van der Waals surface area contributed by atoms with Crippen molar-refractivity contribution in [2.24, 2.45) is 0 Å². The minimum Gasteiger partial charge on any atom is -0.395 e. The molecule has 2 heterocycles. The zero-order valence-electron chi connectivity index (χ0n) is 12.1. The molecule has 110 valence electrons. The number of aliphatic hydroxyl groups is 1. The molecule has 1 aliphatic rings. The van der Waals surface area contributed by atoms with Crippen LogP contribution < -0.4 is 5.32 Å². The van der Waals surface area contributed by atoms with E-state index in [1.807, 2.05) is 11.8 Å². The molecule has 1 aliphatic heterocycles. The third-order valence-electron chi connectivity index (χ3n) is 3.53. The molecule has 1 aromatic carbocycles. The first kappa shape index (κ1) is 14.4. The van der Waals surface area contributed by atoms with E-state index in [4.69, 9.17) is 10.1 Å². The number of aliphatic hydroxyl groups excluding tert-OH is 1. The lowest BCUT2D eigenvalue weighted by Crippen LogP contribution is -2.13. The number of hydrogen-bond donors (Lipinski definition) is 2. The molecule has 2 N–H and O–H groups in total. The van der Waals surface area contributed by atoms with Crippen LogP contribution in [-0.2, 0) is 12.8 Å². The number of thioether (sulfide) groups is 1. The molecule has 3 rings (SSSR count). The predicted molar refractivity (Wildman–Crippen MR) is 86.8 cm³/mol. The second-order valence-corrected chi connectivity index (χ2v) is 6.05. The fourth-order valence-corrected chi connectivity index (χ4v) is 3.54. The molecular weight excluding hydrogens is 282 g/mol. The molecule has 0 unspecified atom stereocenters. The predicted octanol–water partition coefficient (Wildman–Crippen LogP) is 2.76. The summed E-state index contributed by atoms with van der Waals surface area (Å²) in [6.45, 7) is 2.68. The highest BCUT2D eigenvalue weighted by Crippen LogP contribution is 2.38. The minimum absolute atomic E-state index is 0.103. The van der Waals surface area contributed by atoms with Gasteiger partial charge in [0.1, 0.15) is 11.6 Å². The molecule has 0 fully saturated rings. The fourth-order valence-electron chi connectivity index (χ4n) is 2.52. The molecule has 0 saturated heterocycles. The van der Waals surface area contributed by atoms with Crippen LogP contribution in [0.2, 0.25) is 0 Å². The van der Waals surface area contributed by atoms with Gasteiger partial charge in [0, 0.05) is 34.7 Å². The Morgan fingerprint density at radius 3 is 2.95 bits per heavy atom. The molecular formula is C16H19N3OS. The zero-order chi connectivity index (χ0) is 14.7. The Hall–Kier alpha value is -1.59. The van der Waals surface area contributed by atoms with Crippen molar-refractivity contribution >= 4 is 17.6 Å². The quantitative estimate of drug-likeness (QED) is 0.909.